The lowest BCUT2D eigenvalue weighted by atomic mass is 10.2. The molecule has 0 bridgehead atoms. The van der Waals surface area contributed by atoms with Gasteiger partial charge in [0.2, 0.25) is 0 Å². The number of hydrogen-bond acceptors (Lipinski definition) is 2. The predicted octanol–water partition coefficient (Wildman–Crippen LogP) is 2.26. The highest BCUT2D eigenvalue weighted by atomic mass is 16.3. The van der Waals surface area contributed by atoms with Crippen molar-refractivity contribution >= 4 is 0 Å². The summed E-state index contributed by atoms with van der Waals surface area (Å²) in [6.07, 6.45) is 4.91. The SMILES string of the molecule is CCCC.CCCCC(N)O. The molecule has 0 rings (SSSR count). The van der Waals surface area contributed by atoms with Crippen LogP contribution in [0.3, 0.4) is 0 Å². The van der Waals surface area contributed by atoms with Crippen LogP contribution in [0.5, 0.6) is 0 Å². The Hall–Kier alpha value is -0.0800. The lowest BCUT2D eigenvalue weighted by Gasteiger charge is -1.98. The summed E-state index contributed by atoms with van der Waals surface area (Å²) in [5.41, 5.74) is 5.03. The highest BCUT2D eigenvalue weighted by Gasteiger charge is 1.90. The van der Waals surface area contributed by atoms with Gasteiger partial charge in [-0.2, -0.15) is 0 Å². The third-order valence-corrected chi connectivity index (χ3v) is 1.35. The molecule has 0 fully saturated rings. The standard InChI is InChI=1S/C5H13NO.C4H10/c1-2-3-4-5(6)7;1-3-4-2/h5,7H,2-4,6H2,1H3;3-4H2,1-2H3. The lowest BCUT2D eigenvalue weighted by molar-refractivity contribution is 0.169. The van der Waals surface area contributed by atoms with Gasteiger partial charge < -0.3 is 10.8 Å². The molecule has 1 atom stereocenters. The first-order valence-electron chi connectivity index (χ1n) is 4.62. The van der Waals surface area contributed by atoms with E-state index in [-0.39, 0.29) is 0 Å². The molecular weight excluding hydrogens is 138 g/mol. The Morgan fingerprint density at radius 3 is 1.64 bits per heavy atom. The van der Waals surface area contributed by atoms with Crippen molar-refractivity contribution in [1.29, 1.82) is 0 Å². The summed E-state index contributed by atoms with van der Waals surface area (Å²) in [7, 11) is 0. The quantitative estimate of drug-likeness (QED) is 0.621. The Labute approximate surface area is 70.8 Å². The highest BCUT2D eigenvalue weighted by Crippen LogP contribution is 1.93. The monoisotopic (exact) mass is 161 g/mol. The van der Waals surface area contributed by atoms with E-state index in [1.54, 1.807) is 0 Å². The van der Waals surface area contributed by atoms with Crippen LogP contribution in [-0.2, 0) is 0 Å². The maximum atomic E-state index is 8.46. The molecule has 0 amide bonds. The summed E-state index contributed by atoms with van der Waals surface area (Å²) in [5, 5.41) is 8.46. The van der Waals surface area contributed by atoms with Crippen molar-refractivity contribution in [2.75, 3.05) is 0 Å². The molecular formula is C9H23NO. The van der Waals surface area contributed by atoms with Gasteiger partial charge in [-0.25, -0.2) is 0 Å². The first kappa shape index (κ1) is 13.5. The molecule has 0 aliphatic rings. The minimum Gasteiger partial charge on any atom is -0.379 e. The number of rotatable bonds is 4. The van der Waals surface area contributed by atoms with Crippen LogP contribution in [-0.4, -0.2) is 11.3 Å². The first-order chi connectivity index (χ1) is 5.18. The van der Waals surface area contributed by atoms with E-state index in [0.717, 1.165) is 19.3 Å². The van der Waals surface area contributed by atoms with E-state index >= 15 is 0 Å². The third-order valence-electron chi connectivity index (χ3n) is 1.35. The number of unbranched alkanes of at least 4 members (excludes halogenated alkanes) is 2. The van der Waals surface area contributed by atoms with E-state index in [0.29, 0.717) is 0 Å². The molecule has 70 valence electrons. The van der Waals surface area contributed by atoms with Gasteiger partial charge in [0.1, 0.15) is 6.23 Å². The maximum Gasteiger partial charge on any atom is 0.102 e. The van der Waals surface area contributed by atoms with Crippen molar-refractivity contribution in [1.82, 2.24) is 0 Å². The average molecular weight is 161 g/mol. The highest BCUT2D eigenvalue weighted by molar-refractivity contribution is 4.42. The molecule has 0 aromatic heterocycles. The van der Waals surface area contributed by atoms with Crippen molar-refractivity contribution < 1.29 is 5.11 Å². The van der Waals surface area contributed by atoms with Gasteiger partial charge in [-0.3, -0.25) is 0 Å². The van der Waals surface area contributed by atoms with Gasteiger partial charge in [-0.15, -0.1) is 0 Å². The van der Waals surface area contributed by atoms with Crippen LogP contribution in [0.4, 0.5) is 0 Å². The largest absolute Gasteiger partial charge is 0.379 e. The molecule has 0 saturated heterocycles. The first-order valence-corrected chi connectivity index (χ1v) is 4.62. The third kappa shape index (κ3) is 25.7. The molecule has 0 aromatic carbocycles. The Bertz CT molecular complexity index is 53.5. The molecule has 3 N–H and O–H groups in total. The van der Waals surface area contributed by atoms with Crippen LogP contribution in [0.15, 0.2) is 0 Å². The Morgan fingerprint density at radius 1 is 1.09 bits per heavy atom. The number of aliphatic hydroxyl groups excluding tert-OH is 1. The minimum atomic E-state index is -0.597. The van der Waals surface area contributed by atoms with E-state index in [9.17, 15) is 0 Å². The van der Waals surface area contributed by atoms with E-state index < -0.39 is 6.23 Å². The molecule has 0 radical (unpaired) electrons. The van der Waals surface area contributed by atoms with Gasteiger partial charge in [0.25, 0.3) is 0 Å². The molecule has 0 heterocycles. The summed E-state index contributed by atoms with van der Waals surface area (Å²) < 4.78 is 0. The Balaban J connectivity index is 0. The van der Waals surface area contributed by atoms with Crippen molar-refractivity contribution in [2.24, 2.45) is 5.73 Å². The van der Waals surface area contributed by atoms with E-state index in [1.807, 2.05) is 0 Å². The van der Waals surface area contributed by atoms with Crippen molar-refractivity contribution in [3.05, 3.63) is 0 Å². The van der Waals surface area contributed by atoms with Crippen LogP contribution in [0.1, 0.15) is 52.9 Å². The fourth-order valence-electron chi connectivity index (χ4n) is 0.413. The number of aliphatic hydroxyl groups is 1. The van der Waals surface area contributed by atoms with Gasteiger partial charge in [0.05, 0.1) is 0 Å². The van der Waals surface area contributed by atoms with Crippen molar-refractivity contribution in [3.63, 3.8) is 0 Å². The Morgan fingerprint density at radius 2 is 1.55 bits per heavy atom. The molecule has 0 aliphatic heterocycles. The normalized spacial score (nSPS) is 11.7. The van der Waals surface area contributed by atoms with Gasteiger partial charge in [-0.1, -0.05) is 40.0 Å². The molecule has 0 aliphatic carbocycles. The zero-order valence-corrected chi connectivity index (χ0v) is 8.14. The number of hydrogen-bond donors (Lipinski definition) is 2. The molecule has 0 aromatic rings. The molecule has 0 saturated carbocycles. The topological polar surface area (TPSA) is 46.2 Å². The zero-order valence-electron chi connectivity index (χ0n) is 8.14. The molecule has 1 unspecified atom stereocenters. The van der Waals surface area contributed by atoms with Crippen LogP contribution < -0.4 is 5.73 Å². The van der Waals surface area contributed by atoms with E-state index in [2.05, 4.69) is 20.8 Å². The fraction of sp³-hybridized carbons (Fsp3) is 1.00. The second-order valence-corrected chi connectivity index (χ2v) is 2.71. The smallest absolute Gasteiger partial charge is 0.102 e. The van der Waals surface area contributed by atoms with E-state index in [1.165, 1.54) is 12.8 Å². The molecule has 2 nitrogen and oxygen atoms in total. The van der Waals surface area contributed by atoms with Gasteiger partial charge >= 0.3 is 0 Å². The van der Waals surface area contributed by atoms with Crippen LogP contribution in [0, 0.1) is 0 Å². The summed E-state index contributed by atoms with van der Waals surface area (Å²) in [5.74, 6) is 0. The van der Waals surface area contributed by atoms with Crippen LogP contribution in [0.25, 0.3) is 0 Å². The number of nitrogens with two attached hydrogens (primary N) is 1. The molecule has 2 heteroatoms. The van der Waals surface area contributed by atoms with Gasteiger partial charge in [0.15, 0.2) is 0 Å². The zero-order chi connectivity index (χ0) is 9.11. The van der Waals surface area contributed by atoms with Gasteiger partial charge in [-0.05, 0) is 12.8 Å². The van der Waals surface area contributed by atoms with Crippen molar-refractivity contribution in [2.45, 2.75) is 59.1 Å². The second-order valence-electron chi connectivity index (χ2n) is 2.71. The average Bonchev–Trinajstić information content (AvgIpc) is 2.01. The summed E-state index contributed by atoms with van der Waals surface area (Å²) in [4.78, 5) is 0. The summed E-state index contributed by atoms with van der Waals surface area (Å²) in [6, 6.07) is 0. The maximum absolute atomic E-state index is 8.46. The second kappa shape index (κ2) is 12.6. The van der Waals surface area contributed by atoms with Gasteiger partial charge in [0, 0.05) is 0 Å². The van der Waals surface area contributed by atoms with Crippen LogP contribution in [0.2, 0.25) is 0 Å². The predicted molar refractivity (Wildman–Crippen MR) is 50.3 cm³/mol. The van der Waals surface area contributed by atoms with E-state index in [4.69, 9.17) is 10.8 Å². The van der Waals surface area contributed by atoms with Crippen LogP contribution >= 0.6 is 0 Å². The fourth-order valence-corrected chi connectivity index (χ4v) is 0.413. The summed E-state index contributed by atoms with van der Waals surface area (Å²) in [6.45, 7) is 6.43. The lowest BCUT2D eigenvalue weighted by Crippen LogP contribution is -2.17. The Kier molecular flexibility index (Phi) is 15.4. The molecule has 11 heavy (non-hydrogen) atoms. The summed E-state index contributed by atoms with van der Waals surface area (Å²) >= 11 is 0. The minimum absolute atomic E-state index is 0.597. The molecule has 0 spiro atoms. The van der Waals surface area contributed by atoms with Crippen molar-refractivity contribution in [3.8, 4) is 0 Å².